The van der Waals surface area contributed by atoms with Crippen LogP contribution in [0, 0.1) is 6.92 Å². The summed E-state index contributed by atoms with van der Waals surface area (Å²) < 4.78 is 11.5. The number of carbonyl (C=O) groups is 1. The van der Waals surface area contributed by atoms with Gasteiger partial charge in [-0.1, -0.05) is 59.4 Å². The Bertz CT molecular complexity index is 1140. The maximum atomic E-state index is 12.3. The van der Waals surface area contributed by atoms with E-state index in [0.29, 0.717) is 21.6 Å². The van der Waals surface area contributed by atoms with Crippen molar-refractivity contribution in [3.8, 4) is 16.9 Å². The molecule has 0 N–H and O–H groups in total. The van der Waals surface area contributed by atoms with Gasteiger partial charge in [0.2, 0.25) is 0 Å². The number of aryl methyl sites for hydroxylation is 1. The lowest BCUT2D eigenvalue weighted by Crippen LogP contribution is -2.08. The van der Waals surface area contributed by atoms with E-state index < -0.39 is 5.97 Å². The van der Waals surface area contributed by atoms with E-state index in [1.807, 2.05) is 37.3 Å². The molecule has 0 spiro atoms. The van der Waals surface area contributed by atoms with E-state index in [4.69, 9.17) is 9.15 Å². The van der Waals surface area contributed by atoms with Gasteiger partial charge in [0.05, 0.1) is 10.3 Å². The topological polar surface area (TPSA) is 56.5 Å². The summed E-state index contributed by atoms with van der Waals surface area (Å²) in [7, 11) is 0. The highest BCUT2D eigenvalue weighted by molar-refractivity contribution is 7.16. The molecule has 1 heterocycles. The number of fused-ring (bicyclic) bond motifs is 1. The van der Waals surface area contributed by atoms with Crippen LogP contribution in [0.1, 0.15) is 15.9 Å². The van der Waals surface area contributed by atoms with Crippen LogP contribution < -0.4 is 9.68 Å². The largest absolute Gasteiger partial charge is 0.423 e. The van der Waals surface area contributed by atoms with Crippen LogP contribution in [0.25, 0.3) is 21.4 Å². The van der Waals surface area contributed by atoms with Crippen LogP contribution in [-0.2, 0) is 0 Å². The second-order valence-electron chi connectivity index (χ2n) is 5.87. The van der Waals surface area contributed by atoms with E-state index in [-0.39, 0.29) is 4.94 Å². The molecule has 5 heteroatoms. The van der Waals surface area contributed by atoms with Crippen molar-refractivity contribution in [3.05, 3.63) is 87.6 Å². The third-order valence-electron chi connectivity index (χ3n) is 3.99. The molecule has 0 bridgehead atoms. The molecule has 0 radical (unpaired) electrons. The smallest absolute Gasteiger partial charge is 0.396 e. The minimum absolute atomic E-state index is 0.374. The molecule has 4 rings (SSSR count). The van der Waals surface area contributed by atoms with Gasteiger partial charge in [0, 0.05) is 11.6 Å². The average Bonchev–Trinajstić information content (AvgIpc) is 3.02. The minimum Gasteiger partial charge on any atom is -0.423 e. The van der Waals surface area contributed by atoms with Crippen LogP contribution >= 0.6 is 11.3 Å². The van der Waals surface area contributed by atoms with Crippen LogP contribution in [0.3, 0.4) is 0 Å². The molecular weight excluding hydrogens is 348 g/mol. The van der Waals surface area contributed by atoms with Gasteiger partial charge in [-0.2, -0.15) is 0 Å². The Kier molecular flexibility index (Phi) is 4.14. The number of hydrogen-bond donors (Lipinski definition) is 0. The number of carbonyl (C=O) groups excluding carboxylic acids is 1. The fraction of sp³-hybridized carbons (Fsp3) is 0.0476. The van der Waals surface area contributed by atoms with Gasteiger partial charge in [-0.3, -0.25) is 0 Å². The second kappa shape index (κ2) is 6.61. The summed E-state index contributed by atoms with van der Waals surface area (Å²) in [6, 6.07) is 20.0. The lowest BCUT2D eigenvalue weighted by atomic mass is 10.0. The number of esters is 1. The Morgan fingerprint density at radius 3 is 2.46 bits per heavy atom. The molecule has 1 aromatic heterocycles. The van der Waals surface area contributed by atoms with Crippen LogP contribution in [-0.4, -0.2) is 5.97 Å². The summed E-state index contributed by atoms with van der Waals surface area (Å²) in [5.41, 5.74) is 3.70. The Morgan fingerprint density at radius 2 is 1.73 bits per heavy atom. The van der Waals surface area contributed by atoms with E-state index in [9.17, 15) is 9.59 Å². The third kappa shape index (κ3) is 3.17. The molecule has 3 aromatic carbocycles. The first kappa shape index (κ1) is 16.3. The van der Waals surface area contributed by atoms with E-state index in [1.54, 1.807) is 36.4 Å². The van der Waals surface area contributed by atoms with Gasteiger partial charge in [0.15, 0.2) is 5.58 Å². The van der Waals surface area contributed by atoms with Gasteiger partial charge >= 0.3 is 10.9 Å². The highest BCUT2D eigenvalue weighted by Crippen LogP contribution is 2.34. The molecule has 0 saturated carbocycles. The lowest BCUT2D eigenvalue weighted by molar-refractivity contribution is 0.0735. The zero-order valence-electron chi connectivity index (χ0n) is 13.9. The molecule has 0 fully saturated rings. The van der Waals surface area contributed by atoms with Gasteiger partial charge in [-0.25, -0.2) is 9.59 Å². The first-order valence-electron chi connectivity index (χ1n) is 8.02. The quantitative estimate of drug-likeness (QED) is 0.378. The summed E-state index contributed by atoms with van der Waals surface area (Å²) >= 11 is 0.988. The zero-order chi connectivity index (χ0) is 18.1. The minimum atomic E-state index is -0.448. The molecule has 0 unspecified atom stereocenters. The summed E-state index contributed by atoms with van der Waals surface area (Å²) in [4.78, 5) is 23.7. The summed E-state index contributed by atoms with van der Waals surface area (Å²) in [6.07, 6.45) is 0. The van der Waals surface area contributed by atoms with Gasteiger partial charge in [-0.15, -0.1) is 0 Å². The molecular formula is C21H14O4S. The van der Waals surface area contributed by atoms with Crippen LogP contribution in [0.4, 0.5) is 0 Å². The molecule has 0 aliphatic heterocycles. The SMILES string of the molecule is Cc1ccc(-c2cc(OC(=O)c3ccccc3)cc3sc(=O)oc23)cc1. The number of hydrogen-bond acceptors (Lipinski definition) is 5. The molecule has 0 atom stereocenters. The monoisotopic (exact) mass is 362 g/mol. The van der Waals surface area contributed by atoms with E-state index in [2.05, 4.69) is 0 Å². The summed E-state index contributed by atoms with van der Waals surface area (Å²) in [5.74, 6) is -0.0744. The highest BCUT2D eigenvalue weighted by atomic mass is 32.1. The zero-order valence-corrected chi connectivity index (χ0v) is 14.7. The van der Waals surface area contributed by atoms with Gasteiger partial charge in [0.25, 0.3) is 0 Å². The predicted molar refractivity (Wildman–Crippen MR) is 102 cm³/mol. The van der Waals surface area contributed by atoms with Crippen molar-refractivity contribution in [1.82, 2.24) is 0 Å². The van der Waals surface area contributed by atoms with Crippen LogP contribution in [0.15, 0.2) is 75.9 Å². The lowest BCUT2D eigenvalue weighted by Gasteiger charge is -2.08. The average molecular weight is 362 g/mol. The van der Waals surface area contributed by atoms with Crippen molar-refractivity contribution in [2.75, 3.05) is 0 Å². The Hall–Kier alpha value is -3.18. The second-order valence-corrected chi connectivity index (χ2v) is 6.85. The van der Waals surface area contributed by atoms with E-state index in [0.717, 1.165) is 28.0 Å². The van der Waals surface area contributed by atoms with E-state index >= 15 is 0 Å². The molecule has 4 aromatic rings. The number of ether oxygens (including phenoxy) is 1. The fourth-order valence-electron chi connectivity index (χ4n) is 2.70. The molecule has 26 heavy (non-hydrogen) atoms. The number of benzene rings is 3. The fourth-order valence-corrected chi connectivity index (χ4v) is 3.42. The maximum absolute atomic E-state index is 12.3. The Labute approximate surface area is 153 Å². The Balaban J connectivity index is 1.80. The van der Waals surface area contributed by atoms with Crippen molar-refractivity contribution < 1.29 is 13.9 Å². The predicted octanol–water partition coefficient (Wildman–Crippen LogP) is 5.05. The van der Waals surface area contributed by atoms with Crippen molar-refractivity contribution >= 4 is 27.6 Å². The molecule has 128 valence electrons. The van der Waals surface area contributed by atoms with E-state index in [1.165, 1.54) is 0 Å². The normalized spacial score (nSPS) is 10.8. The van der Waals surface area contributed by atoms with Crippen molar-refractivity contribution in [2.24, 2.45) is 0 Å². The molecule has 4 nitrogen and oxygen atoms in total. The molecule has 0 saturated heterocycles. The maximum Gasteiger partial charge on any atom is 0.396 e. The van der Waals surface area contributed by atoms with Gasteiger partial charge in [-0.05, 0) is 30.7 Å². The third-order valence-corrected chi connectivity index (χ3v) is 4.76. The molecule has 0 aliphatic carbocycles. The highest BCUT2D eigenvalue weighted by Gasteiger charge is 2.15. The van der Waals surface area contributed by atoms with Gasteiger partial charge in [0.1, 0.15) is 5.75 Å². The first-order chi connectivity index (χ1) is 12.6. The van der Waals surface area contributed by atoms with Crippen molar-refractivity contribution in [3.63, 3.8) is 0 Å². The van der Waals surface area contributed by atoms with Gasteiger partial charge < -0.3 is 9.15 Å². The summed E-state index contributed by atoms with van der Waals surface area (Å²) in [5, 5.41) is 0. The number of rotatable bonds is 3. The van der Waals surface area contributed by atoms with Crippen molar-refractivity contribution in [1.29, 1.82) is 0 Å². The standard InChI is InChI=1S/C21H14O4S/c1-13-7-9-14(10-8-13)17-11-16(12-18-19(17)25-21(23)26-18)24-20(22)15-5-3-2-4-6-15/h2-12H,1H3. The first-order valence-corrected chi connectivity index (χ1v) is 8.84. The van der Waals surface area contributed by atoms with Crippen LogP contribution in [0.5, 0.6) is 5.75 Å². The van der Waals surface area contributed by atoms with Crippen molar-refractivity contribution in [2.45, 2.75) is 6.92 Å². The molecule has 0 amide bonds. The summed E-state index contributed by atoms with van der Waals surface area (Å²) in [6.45, 7) is 2.00. The van der Waals surface area contributed by atoms with Crippen LogP contribution in [0.2, 0.25) is 0 Å². The molecule has 0 aliphatic rings. The Morgan fingerprint density at radius 1 is 1.00 bits per heavy atom.